The highest BCUT2D eigenvalue weighted by Crippen LogP contribution is 2.32. The van der Waals surface area contributed by atoms with Crippen LogP contribution in [0.25, 0.3) is 10.6 Å². The number of aryl methyl sites for hydroxylation is 1. The minimum absolute atomic E-state index is 0.223. The summed E-state index contributed by atoms with van der Waals surface area (Å²) in [5, 5.41) is 9.57. The van der Waals surface area contributed by atoms with E-state index in [0.29, 0.717) is 12.2 Å². The number of aromatic nitrogens is 2. The van der Waals surface area contributed by atoms with Crippen LogP contribution in [0.2, 0.25) is 0 Å². The quantitative estimate of drug-likeness (QED) is 0.424. The minimum Gasteiger partial charge on any atom is -0.350 e. The molecule has 2 aromatic carbocycles. The van der Waals surface area contributed by atoms with Gasteiger partial charge in [0, 0.05) is 13.1 Å². The third-order valence-corrected chi connectivity index (χ3v) is 7.28. The minimum atomic E-state index is -1.17. The summed E-state index contributed by atoms with van der Waals surface area (Å²) in [4.78, 5) is 29.9. The molecule has 2 amide bonds. The number of benzene rings is 2. The predicted octanol–water partition coefficient (Wildman–Crippen LogP) is 4.79. The van der Waals surface area contributed by atoms with Gasteiger partial charge in [0.25, 0.3) is 5.91 Å². The number of amides is 2. The Hall–Kier alpha value is -3.78. The number of thiophene rings is 1. The van der Waals surface area contributed by atoms with Crippen molar-refractivity contribution in [3.8, 4) is 10.6 Å². The second-order valence-corrected chi connectivity index (χ2v) is 9.96. The predicted molar refractivity (Wildman–Crippen MR) is 133 cm³/mol. The Kier molecular flexibility index (Phi) is 5.98. The second kappa shape index (κ2) is 9.11. The molecule has 0 unspecified atom stereocenters. The molecule has 5 rings (SSSR count). The van der Waals surface area contributed by atoms with Crippen molar-refractivity contribution >= 4 is 23.2 Å². The van der Waals surface area contributed by atoms with Gasteiger partial charge in [0.2, 0.25) is 5.91 Å². The van der Waals surface area contributed by atoms with E-state index in [0.717, 1.165) is 27.3 Å². The average molecular weight is 489 g/mol. The number of nitrogens with zero attached hydrogens (tertiary/aromatic N) is 3. The molecular weight excluding hydrogens is 463 g/mol. The SMILES string of the molecule is Cc1ccc(CN2C(=O)c3cc(-c4cccs4)nn3C[C@]2(C)C(=O)NCc2ccc(F)cc2)cc1. The van der Waals surface area contributed by atoms with Crippen molar-refractivity contribution < 1.29 is 14.0 Å². The Balaban J connectivity index is 1.47. The standard InChI is InChI=1S/C27H25FN4O2S/c1-18-5-7-20(8-6-18)16-31-25(33)23-14-22(24-4-3-13-35-24)30-32(23)17-27(31,2)26(34)29-15-19-9-11-21(28)12-10-19/h3-14H,15-17H2,1-2H3,(H,29,34)/t27-/m1/s1. The summed E-state index contributed by atoms with van der Waals surface area (Å²) >= 11 is 1.55. The van der Waals surface area contributed by atoms with E-state index < -0.39 is 5.54 Å². The third kappa shape index (κ3) is 4.49. The van der Waals surface area contributed by atoms with Crippen LogP contribution in [0.4, 0.5) is 4.39 Å². The van der Waals surface area contributed by atoms with E-state index in [2.05, 4.69) is 10.4 Å². The topological polar surface area (TPSA) is 67.2 Å². The Morgan fingerprint density at radius 1 is 1.11 bits per heavy atom. The molecule has 0 spiro atoms. The van der Waals surface area contributed by atoms with E-state index in [1.165, 1.54) is 12.1 Å². The summed E-state index contributed by atoms with van der Waals surface area (Å²) in [6, 6.07) is 19.6. The fourth-order valence-corrected chi connectivity index (χ4v) is 4.97. The lowest BCUT2D eigenvalue weighted by Gasteiger charge is -2.43. The highest BCUT2D eigenvalue weighted by Gasteiger charge is 2.48. The van der Waals surface area contributed by atoms with Crippen LogP contribution in [0.5, 0.6) is 0 Å². The summed E-state index contributed by atoms with van der Waals surface area (Å²) in [7, 11) is 0. The normalized spacial score (nSPS) is 17.3. The molecule has 6 nitrogen and oxygen atoms in total. The van der Waals surface area contributed by atoms with Gasteiger partial charge in [0.05, 0.1) is 11.4 Å². The first-order chi connectivity index (χ1) is 16.8. The number of carbonyl (C=O) groups excluding carboxylic acids is 2. The number of rotatable bonds is 6. The van der Waals surface area contributed by atoms with Gasteiger partial charge in [0.15, 0.2) is 0 Å². The van der Waals surface area contributed by atoms with Gasteiger partial charge in [-0.15, -0.1) is 11.3 Å². The summed E-state index contributed by atoms with van der Waals surface area (Å²) in [5.74, 6) is -0.866. The highest BCUT2D eigenvalue weighted by atomic mass is 32.1. The van der Waals surface area contributed by atoms with Gasteiger partial charge in [0.1, 0.15) is 22.7 Å². The van der Waals surface area contributed by atoms with E-state index in [1.54, 1.807) is 46.0 Å². The molecule has 178 valence electrons. The maximum absolute atomic E-state index is 13.7. The van der Waals surface area contributed by atoms with Crippen molar-refractivity contribution in [1.82, 2.24) is 20.0 Å². The van der Waals surface area contributed by atoms with Crippen molar-refractivity contribution in [3.63, 3.8) is 0 Å². The first-order valence-electron chi connectivity index (χ1n) is 11.4. The zero-order valence-corrected chi connectivity index (χ0v) is 20.3. The van der Waals surface area contributed by atoms with Gasteiger partial charge < -0.3 is 10.2 Å². The van der Waals surface area contributed by atoms with Crippen LogP contribution in [-0.4, -0.2) is 32.0 Å². The number of fused-ring (bicyclic) bond motifs is 1. The summed E-state index contributed by atoms with van der Waals surface area (Å²) < 4.78 is 14.9. The number of hydrogen-bond donors (Lipinski definition) is 1. The first-order valence-corrected chi connectivity index (χ1v) is 12.2. The molecular formula is C27H25FN4O2S. The van der Waals surface area contributed by atoms with Gasteiger partial charge in [-0.25, -0.2) is 4.39 Å². The van der Waals surface area contributed by atoms with Crippen LogP contribution < -0.4 is 5.32 Å². The average Bonchev–Trinajstić information content (AvgIpc) is 3.52. The smallest absolute Gasteiger partial charge is 0.273 e. The zero-order valence-electron chi connectivity index (χ0n) is 19.5. The maximum Gasteiger partial charge on any atom is 0.273 e. The van der Waals surface area contributed by atoms with E-state index >= 15 is 0 Å². The number of carbonyl (C=O) groups is 2. The molecule has 8 heteroatoms. The lowest BCUT2D eigenvalue weighted by atomic mass is 9.94. The second-order valence-electron chi connectivity index (χ2n) is 9.01. The van der Waals surface area contributed by atoms with Crippen molar-refractivity contribution in [2.75, 3.05) is 0 Å². The Morgan fingerprint density at radius 3 is 2.51 bits per heavy atom. The molecule has 35 heavy (non-hydrogen) atoms. The van der Waals surface area contributed by atoms with Crippen LogP contribution >= 0.6 is 11.3 Å². The number of nitrogens with one attached hydrogen (secondary N) is 1. The molecule has 0 saturated carbocycles. The van der Waals surface area contributed by atoms with E-state index in [9.17, 15) is 14.0 Å². The van der Waals surface area contributed by atoms with Crippen molar-refractivity contribution in [1.29, 1.82) is 0 Å². The molecule has 4 aromatic rings. The summed E-state index contributed by atoms with van der Waals surface area (Å²) in [6.07, 6.45) is 0. The molecule has 1 N–H and O–H groups in total. The third-order valence-electron chi connectivity index (χ3n) is 6.39. The van der Waals surface area contributed by atoms with E-state index in [-0.39, 0.29) is 30.7 Å². The van der Waals surface area contributed by atoms with Gasteiger partial charge in [-0.3, -0.25) is 14.3 Å². The lowest BCUT2D eigenvalue weighted by Crippen LogP contribution is -2.63. The molecule has 1 atom stereocenters. The molecule has 0 saturated heterocycles. The molecule has 1 aliphatic heterocycles. The molecule has 0 fully saturated rings. The highest BCUT2D eigenvalue weighted by molar-refractivity contribution is 7.13. The van der Waals surface area contributed by atoms with Crippen LogP contribution in [0.1, 0.15) is 34.1 Å². The fourth-order valence-electron chi connectivity index (χ4n) is 4.29. The Labute approximate surface area is 207 Å². The summed E-state index contributed by atoms with van der Waals surface area (Å²) in [5.41, 5.74) is 2.84. The van der Waals surface area contributed by atoms with Gasteiger partial charge in [-0.1, -0.05) is 48.0 Å². The van der Waals surface area contributed by atoms with E-state index in [4.69, 9.17) is 0 Å². The van der Waals surface area contributed by atoms with Crippen molar-refractivity contribution in [3.05, 3.63) is 100 Å². The number of hydrogen-bond acceptors (Lipinski definition) is 4. The summed E-state index contributed by atoms with van der Waals surface area (Å²) in [6.45, 7) is 4.52. The van der Waals surface area contributed by atoms with Gasteiger partial charge >= 0.3 is 0 Å². The molecule has 0 aliphatic carbocycles. The largest absolute Gasteiger partial charge is 0.350 e. The zero-order chi connectivity index (χ0) is 24.6. The molecule has 1 aliphatic rings. The monoisotopic (exact) mass is 488 g/mol. The van der Waals surface area contributed by atoms with Crippen molar-refractivity contribution in [2.45, 2.75) is 39.0 Å². The van der Waals surface area contributed by atoms with Crippen LogP contribution in [0, 0.1) is 12.7 Å². The Bertz CT molecular complexity index is 1360. The molecule has 0 radical (unpaired) electrons. The Morgan fingerprint density at radius 2 is 1.83 bits per heavy atom. The van der Waals surface area contributed by atoms with Gasteiger partial charge in [-0.05, 0) is 54.6 Å². The number of halogens is 1. The fraction of sp³-hybridized carbons (Fsp3) is 0.222. The van der Waals surface area contributed by atoms with Crippen LogP contribution in [0.15, 0.2) is 72.1 Å². The molecule has 3 heterocycles. The molecule has 2 aromatic heterocycles. The van der Waals surface area contributed by atoms with Crippen LogP contribution in [-0.2, 0) is 24.4 Å². The van der Waals surface area contributed by atoms with Gasteiger partial charge in [-0.2, -0.15) is 5.10 Å². The van der Waals surface area contributed by atoms with Crippen LogP contribution in [0.3, 0.4) is 0 Å². The first kappa shape index (κ1) is 23.0. The van der Waals surface area contributed by atoms with Crippen molar-refractivity contribution in [2.24, 2.45) is 0 Å². The maximum atomic E-state index is 13.7. The van der Waals surface area contributed by atoms with E-state index in [1.807, 2.05) is 48.7 Å². The lowest BCUT2D eigenvalue weighted by molar-refractivity contribution is -0.133. The molecule has 0 bridgehead atoms.